The first-order valence-electron chi connectivity index (χ1n) is 7.89. The number of hydrogen-bond acceptors (Lipinski definition) is 5. The Kier molecular flexibility index (Phi) is 5.21. The number of nitrogens with two attached hydrogens (primary N) is 1. The molecule has 0 aliphatic heterocycles. The minimum atomic E-state index is -0.420. The van der Waals surface area contributed by atoms with Crippen LogP contribution >= 0.6 is 11.9 Å². The van der Waals surface area contributed by atoms with Crippen LogP contribution in [0.15, 0.2) is 59.5 Å². The monoisotopic (exact) mass is 352 g/mol. The first-order chi connectivity index (χ1) is 12.0. The van der Waals surface area contributed by atoms with E-state index in [0.29, 0.717) is 5.56 Å². The number of amides is 1. The molecule has 3 N–H and O–H groups in total. The van der Waals surface area contributed by atoms with Crippen LogP contribution in [0.1, 0.15) is 16.1 Å². The van der Waals surface area contributed by atoms with Crippen molar-refractivity contribution in [1.29, 1.82) is 0 Å². The van der Waals surface area contributed by atoms with Crippen molar-refractivity contribution in [2.45, 2.75) is 11.4 Å². The molecule has 2 aromatic carbocycles. The molecule has 0 saturated carbocycles. The SMILES string of the molecule is CN(C)Cc1ccc2cccc(NSc3ccc(C(N)=O)cc3)c2n1. The predicted molar refractivity (Wildman–Crippen MR) is 104 cm³/mol. The van der Waals surface area contributed by atoms with Crippen molar-refractivity contribution < 1.29 is 4.79 Å². The van der Waals surface area contributed by atoms with Gasteiger partial charge in [0, 0.05) is 22.4 Å². The molecule has 0 unspecified atom stereocenters. The second kappa shape index (κ2) is 7.55. The number of aromatic nitrogens is 1. The van der Waals surface area contributed by atoms with Crippen LogP contribution in [0.5, 0.6) is 0 Å². The third-order valence-corrected chi connectivity index (χ3v) is 4.50. The molecule has 128 valence electrons. The van der Waals surface area contributed by atoms with Crippen LogP contribution in [-0.2, 0) is 6.54 Å². The van der Waals surface area contributed by atoms with Crippen molar-refractivity contribution in [1.82, 2.24) is 9.88 Å². The summed E-state index contributed by atoms with van der Waals surface area (Å²) in [6, 6.07) is 17.4. The highest BCUT2D eigenvalue weighted by Crippen LogP contribution is 2.27. The molecule has 3 aromatic rings. The fourth-order valence-electron chi connectivity index (χ4n) is 2.48. The first kappa shape index (κ1) is 17.3. The van der Waals surface area contributed by atoms with Crippen LogP contribution in [0.25, 0.3) is 10.9 Å². The summed E-state index contributed by atoms with van der Waals surface area (Å²) in [5.74, 6) is -0.420. The lowest BCUT2D eigenvalue weighted by molar-refractivity contribution is 0.1000. The number of nitrogens with one attached hydrogen (secondary N) is 1. The maximum absolute atomic E-state index is 11.1. The van der Waals surface area contributed by atoms with Crippen LogP contribution in [0.4, 0.5) is 5.69 Å². The molecule has 3 rings (SSSR count). The summed E-state index contributed by atoms with van der Waals surface area (Å²) in [4.78, 5) is 19.0. The molecular weight excluding hydrogens is 332 g/mol. The van der Waals surface area contributed by atoms with Gasteiger partial charge in [0.05, 0.1) is 16.9 Å². The maximum atomic E-state index is 11.1. The molecule has 0 spiro atoms. The lowest BCUT2D eigenvalue weighted by Gasteiger charge is -2.12. The van der Waals surface area contributed by atoms with Crippen molar-refractivity contribution in [2.75, 3.05) is 18.8 Å². The molecule has 0 aliphatic rings. The van der Waals surface area contributed by atoms with Crippen LogP contribution in [-0.4, -0.2) is 29.9 Å². The third kappa shape index (κ3) is 4.29. The van der Waals surface area contributed by atoms with E-state index in [1.54, 1.807) is 12.1 Å². The molecule has 0 fully saturated rings. The molecule has 0 saturated heterocycles. The fraction of sp³-hybridized carbons (Fsp3) is 0.158. The van der Waals surface area contributed by atoms with Gasteiger partial charge in [-0.25, -0.2) is 4.98 Å². The van der Waals surface area contributed by atoms with Gasteiger partial charge in [-0.3, -0.25) is 4.79 Å². The smallest absolute Gasteiger partial charge is 0.248 e. The molecule has 5 nitrogen and oxygen atoms in total. The predicted octanol–water partition coefficient (Wildman–Crippen LogP) is 3.51. The van der Waals surface area contributed by atoms with Gasteiger partial charge in [-0.15, -0.1) is 0 Å². The number of anilines is 1. The van der Waals surface area contributed by atoms with Gasteiger partial charge in [-0.05, 0) is 62.4 Å². The molecule has 0 aliphatic carbocycles. The van der Waals surface area contributed by atoms with Crippen LogP contribution < -0.4 is 10.5 Å². The van der Waals surface area contributed by atoms with Gasteiger partial charge in [0.2, 0.25) is 5.91 Å². The first-order valence-corrected chi connectivity index (χ1v) is 8.71. The Morgan fingerprint density at radius 3 is 2.56 bits per heavy atom. The van der Waals surface area contributed by atoms with E-state index in [0.717, 1.165) is 33.7 Å². The van der Waals surface area contributed by atoms with Gasteiger partial charge in [0.15, 0.2) is 0 Å². The number of carbonyl (C=O) groups is 1. The minimum absolute atomic E-state index is 0.420. The minimum Gasteiger partial charge on any atom is -0.366 e. The van der Waals surface area contributed by atoms with Crippen LogP contribution in [0.3, 0.4) is 0 Å². The largest absolute Gasteiger partial charge is 0.366 e. The second-order valence-corrected chi connectivity index (χ2v) is 6.89. The van der Waals surface area contributed by atoms with E-state index in [9.17, 15) is 4.79 Å². The zero-order chi connectivity index (χ0) is 17.8. The normalized spacial score (nSPS) is 11.0. The Bertz CT molecular complexity index is 894. The topological polar surface area (TPSA) is 71.2 Å². The standard InChI is InChI=1S/C19H20N4OS/c1-23(2)12-15-9-6-13-4-3-5-17(18(13)21-15)22-25-16-10-7-14(8-11-16)19(20)24/h3-11,22H,12H2,1-2H3,(H2,20,24). The zero-order valence-electron chi connectivity index (χ0n) is 14.2. The number of nitrogens with zero attached hydrogens (tertiary/aromatic N) is 2. The summed E-state index contributed by atoms with van der Waals surface area (Å²) in [6.07, 6.45) is 0. The molecule has 0 radical (unpaired) electrons. The lowest BCUT2D eigenvalue weighted by atomic mass is 10.2. The molecule has 0 atom stereocenters. The van der Waals surface area contributed by atoms with Gasteiger partial charge >= 0.3 is 0 Å². The van der Waals surface area contributed by atoms with Crippen molar-refractivity contribution in [3.8, 4) is 0 Å². The van der Waals surface area contributed by atoms with Gasteiger partial charge in [-0.1, -0.05) is 18.2 Å². The maximum Gasteiger partial charge on any atom is 0.248 e. The van der Waals surface area contributed by atoms with E-state index in [-0.39, 0.29) is 0 Å². The Morgan fingerprint density at radius 1 is 1.12 bits per heavy atom. The third-order valence-electron chi connectivity index (χ3n) is 3.67. The van der Waals surface area contributed by atoms with E-state index in [2.05, 4.69) is 27.8 Å². The fourth-order valence-corrected chi connectivity index (χ4v) is 3.15. The van der Waals surface area contributed by atoms with Crippen LogP contribution in [0, 0.1) is 0 Å². The number of primary amides is 1. The summed E-state index contributed by atoms with van der Waals surface area (Å²) in [5.41, 5.74) is 8.71. The quantitative estimate of drug-likeness (QED) is 0.664. The van der Waals surface area contributed by atoms with Crippen molar-refractivity contribution in [2.24, 2.45) is 5.73 Å². The molecule has 1 aromatic heterocycles. The van der Waals surface area contributed by atoms with Crippen molar-refractivity contribution in [3.05, 3.63) is 65.9 Å². The number of fused-ring (bicyclic) bond motifs is 1. The summed E-state index contributed by atoms with van der Waals surface area (Å²) >= 11 is 1.48. The molecule has 6 heteroatoms. The second-order valence-electron chi connectivity index (χ2n) is 6.01. The zero-order valence-corrected chi connectivity index (χ0v) is 15.0. The highest BCUT2D eigenvalue weighted by molar-refractivity contribution is 8.00. The average molecular weight is 352 g/mol. The van der Waals surface area contributed by atoms with E-state index in [1.165, 1.54) is 11.9 Å². The summed E-state index contributed by atoms with van der Waals surface area (Å²) in [6.45, 7) is 0.798. The van der Waals surface area contributed by atoms with E-state index < -0.39 is 5.91 Å². The van der Waals surface area contributed by atoms with Crippen molar-refractivity contribution in [3.63, 3.8) is 0 Å². The lowest BCUT2D eigenvalue weighted by Crippen LogP contribution is -2.11. The summed E-state index contributed by atoms with van der Waals surface area (Å²) < 4.78 is 3.36. The number of pyridine rings is 1. The highest BCUT2D eigenvalue weighted by atomic mass is 32.2. The Balaban J connectivity index is 1.81. The summed E-state index contributed by atoms with van der Waals surface area (Å²) in [7, 11) is 4.06. The van der Waals surface area contributed by atoms with Gasteiger partial charge < -0.3 is 15.4 Å². The molecule has 25 heavy (non-hydrogen) atoms. The molecule has 1 heterocycles. The molecule has 0 bridgehead atoms. The average Bonchev–Trinajstić information content (AvgIpc) is 2.59. The Labute approximate surface area is 151 Å². The molecular formula is C19H20N4OS. The highest BCUT2D eigenvalue weighted by Gasteiger charge is 2.06. The van der Waals surface area contributed by atoms with Crippen LogP contribution in [0.2, 0.25) is 0 Å². The van der Waals surface area contributed by atoms with E-state index in [4.69, 9.17) is 10.7 Å². The number of para-hydroxylation sites is 1. The number of rotatable bonds is 6. The number of benzene rings is 2. The van der Waals surface area contributed by atoms with Gasteiger partial charge in [0.25, 0.3) is 0 Å². The van der Waals surface area contributed by atoms with Gasteiger partial charge in [-0.2, -0.15) is 0 Å². The Hall–Kier alpha value is -2.57. The Morgan fingerprint density at radius 2 is 1.88 bits per heavy atom. The van der Waals surface area contributed by atoms with Gasteiger partial charge in [0.1, 0.15) is 0 Å². The van der Waals surface area contributed by atoms with Crippen molar-refractivity contribution >= 4 is 34.4 Å². The molecule has 1 amide bonds. The summed E-state index contributed by atoms with van der Waals surface area (Å²) in [5, 5.41) is 1.09. The van der Waals surface area contributed by atoms with E-state index in [1.807, 2.05) is 38.4 Å². The number of carbonyl (C=O) groups excluding carboxylic acids is 1. The number of hydrogen-bond donors (Lipinski definition) is 2. The van der Waals surface area contributed by atoms with E-state index >= 15 is 0 Å².